The maximum atomic E-state index is 14.1. The second-order valence-electron chi connectivity index (χ2n) is 12.4. The van der Waals surface area contributed by atoms with Gasteiger partial charge in [-0.2, -0.15) is 26.3 Å². The molecule has 2 saturated heterocycles. The van der Waals surface area contributed by atoms with E-state index in [1.807, 2.05) is 4.90 Å². The number of carbonyl (C=O) groups excluding carboxylic acids is 3. The first kappa shape index (κ1) is 32.0. The minimum Gasteiger partial charge on any atom is -0.341 e. The maximum Gasteiger partial charge on any atom is 0.416 e. The number of benzene rings is 2. The van der Waals surface area contributed by atoms with E-state index in [-0.39, 0.29) is 25.6 Å². The van der Waals surface area contributed by atoms with Crippen molar-refractivity contribution in [1.29, 1.82) is 0 Å². The molecular weight excluding hydrogens is 597 g/mol. The van der Waals surface area contributed by atoms with Crippen LogP contribution in [0, 0.1) is 12.7 Å². The van der Waals surface area contributed by atoms with Crippen molar-refractivity contribution < 1.29 is 45.1 Å². The van der Waals surface area contributed by atoms with Crippen molar-refractivity contribution in [2.24, 2.45) is 5.84 Å². The van der Waals surface area contributed by atoms with Crippen LogP contribution in [0.25, 0.3) is 0 Å². The number of rotatable bonds is 5. The van der Waals surface area contributed by atoms with E-state index in [2.05, 4.69) is 0 Å². The molecule has 3 atom stereocenters. The summed E-state index contributed by atoms with van der Waals surface area (Å²) in [5.74, 6) is 3.03. The van der Waals surface area contributed by atoms with E-state index in [4.69, 9.17) is 5.84 Å². The third-order valence-electron chi connectivity index (χ3n) is 9.48. The summed E-state index contributed by atoms with van der Waals surface area (Å²) in [7, 11) is 1.44. The van der Waals surface area contributed by atoms with E-state index in [0.29, 0.717) is 29.8 Å². The molecule has 2 aromatic carbocycles. The van der Waals surface area contributed by atoms with Gasteiger partial charge in [-0.1, -0.05) is 6.07 Å². The molecule has 0 bridgehead atoms. The summed E-state index contributed by atoms with van der Waals surface area (Å²) < 4.78 is 95.7. The summed E-state index contributed by atoms with van der Waals surface area (Å²) in [5, 5.41) is 1.20. The molecule has 7 nitrogen and oxygen atoms in total. The van der Waals surface area contributed by atoms with E-state index >= 15 is 0 Å². The van der Waals surface area contributed by atoms with E-state index in [1.54, 1.807) is 13.0 Å². The van der Waals surface area contributed by atoms with Crippen LogP contribution in [-0.2, 0) is 32.2 Å². The Labute approximate surface area is 248 Å². The number of hydrazine groups is 1. The normalized spacial score (nSPS) is 24.4. The lowest BCUT2D eigenvalue weighted by Crippen LogP contribution is -2.74. The van der Waals surface area contributed by atoms with Crippen molar-refractivity contribution in [3.8, 4) is 0 Å². The van der Waals surface area contributed by atoms with Crippen LogP contribution >= 0.6 is 0 Å². The summed E-state index contributed by atoms with van der Waals surface area (Å²) in [6.07, 6.45) is -9.88. The molecule has 1 aliphatic carbocycles. The summed E-state index contributed by atoms with van der Waals surface area (Å²) in [6, 6.07) is 4.17. The molecule has 1 amide bonds. The molecule has 2 heterocycles. The van der Waals surface area contributed by atoms with Crippen molar-refractivity contribution in [2.45, 2.75) is 68.5 Å². The highest BCUT2D eigenvalue weighted by molar-refractivity contribution is 6.67. The number of carbonyl (C=O) groups is 3. The second-order valence-corrected chi connectivity index (χ2v) is 12.4. The Balaban J connectivity index is 1.49. The number of alkyl halides is 6. The standard InChI is InChI=1S/C30H31F7N4O3/c1-15-9-19(31)5-6-20(15)21-13-40(23-14-41(38)28(23)24(42)25(28)43)8-7-22(21)39(4)26(44)27(2,3)16-10-17(29(32,33)34)12-18(11-16)30(35,36)37/h5-6,9-12,21-23H,7-8,13-14,38H2,1-4H3/t21-,22+,23?/m1/s1. The molecule has 3 aliphatic rings. The zero-order valence-electron chi connectivity index (χ0n) is 24.3. The number of halogens is 7. The van der Waals surface area contributed by atoms with Gasteiger partial charge in [0.15, 0.2) is 5.54 Å². The third-order valence-corrected chi connectivity index (χ3v) is 9.48. The SMILES string of the molecule is Cc1cc(F)ccc1[C@H]1CN(C2CN(N)C23C(=O)C3=O)CC[C@@H]1N(C)C(=O)C(C)(C)c1cc(C(F)(F)F)cc(C(F)(F)F)c1. The Morgan fingerprint density at radius 2 is 1.48 bits per heavy atom. The van der Waals surface area contributed by atoms with Gasteiger partial charge in [0, 0.05) is 38.6 Å². The Bertz CT molecular complexity index is 1490. The van der Waals surface area contributed by atoms with Gasteiger partial charge < -0.3 is 4.90 Å². The monoisotopic (exact) mass is 628 g/mol. The second kappa shape index (κ2) is 10.3. The van der Waals surface area contributed by atoms with Gasteiger partial charge in [-0.15, -0.1) is 0 Å². The van der Waals surface area contributed by atoms with Gasteiger partial charge in [-0.25, -0.2) is 9.40 Å². The number of ketones is 2. The average molecular weight is 629 g/mol. The molecule has 1 saturated carbocycles. The highest BCUT2D eigenvalue weighted by Crippen LogP contribution is 2.47. The first-order chi connectivity index (χ1) is 20.2. The Hall–Kier alpha value is -3.36. The summed E-state index contributed by atoms with van der Waals surface area (Å²) >= 11 is 0. The van der Waals surface area contributed by atoms with Gasteiger partial charge >= 0.3 is 12.4 Å². The highest BCUT2D eigenvalue weighted by Gasteiger charge is 2.79. The average Bonchev–Trinajstić information content (AvgIpc) is 3.52. The van der Waals surface area contributed by atoms with Gasteiger partial charge in [0.05, 0.1) is 22.6 Å². The fraction of sp³-hybridized carbons (Fsp3) is 0.500. The lowest BCUT2D eigenvalue weighted by Gasteiger charge is -2.53. The highest BCUT2D eigenvalue weighted by atomic mass is 19.4. The van der Waals surface area contributed by atoms with Crippen LogP contribution in [0.15, 0.2) is 36.4 Å². The molecule has 3 fully saturated rings. The van der Waals surface area contributed by atoms with Crippen LogP contribution in [-0.4, -0.2) is 76.6 Å². The number of likely N-dealkylation sites (tertiary alicyclic amines) is 1. The largest absolute Gasteiger partial charge is 0.416 e. The van der Waals surface area contributed by atoms with Crippen LogP contribution in [0.4, 0.5) is 30.7 Å². The van der Waals surface area contributed by atoms with Gasteiger partial charge in [0.25, 0.3) is 0 Å². The zero-order valence-corrected chi connectivity index (χ0v) is 24.3. The predicted octanol–water partition coefficient (Wildman–Crippen LogP) is 4.21. The molecule has 2 N–H and O–H groups in total. The molecule has 1 unspecified atom stereocenters. The number of hydrogen-bond donors (Lipinski definition) is 1. The van der Waals surface area contributed by atoms with E-state index < -0.39 is 81.3 Å². The first-order valence-corrected chi connectivity index (χ1v) is 13.9. The molecule has 14 heteroatoms. The number of piperidine rings is 1. The molecule has 5 rings (SSSR count). The Morgan fingerprint density at radius 1 is 0.932 bits per heavy atom. The number of nitrogens with zero attached hydrogens (tertiary/aromatic N) is 3. The summed E-state index contributed by atoms with van der Waals surface area (Å²) in [4.78, 5) is 41.8. The molecule has 44 heavy (non-hydrogen) atoms. The Morgan fingerprint density at radius 3 is 1.95 bits per heavy atom. The molecule has 238 valence electrons. The molecule has 2 aromatic rings. The van der Waals surface area contributed by atoms with Crippen molar-refractivity contribution in [2.75, 3.05) is 26.7 Å². The predicted molar refractivity (Wildman–Crippen MR) is 144 cm³/mol. The van der Waals surface area contributed by atoms with Crippen LogP contribution in [0.2, 0.25) is 0 Å². The zero-order chi connectivity index (χ0) is 32.7. The van der Waals surface area contributed by atoms with Crippen molar-refractivity contribution in [3.63, 3.8) is 0 Å². The van der Waals surface area contributed by atoms with Crippen molar-refractivity contribution in [1.82, 2.24) is 14.8 Å². The van der Waals surface area contributed by atoms with E-state index in [1.165, 1.54) is 42.9 Å². The number of nitrogens with two attached hydrogens (primary N) is 1. The van der Waals surface area contributed by atoms with Crippen LogP contribution < -0.4 is 5.84 Å². The van der Waals surface area contributed by atoms with E-state index in [9.17, 15) is 45.1 Å². The van der Waals surface area contributed by atoms with Gasteiger partial charge in [-0.3, -0.25) is 25.1 Å². The summed E-state index contributed by atoms with van der Waals surface area (Å²) in [5.41, 5.74) is -5.47. The number of aryl methyl sites for hydroxylation is 1. The maximum absolute atomic E-state index is 14.1. The van der Waals surface area contributed by atoms with Gasteiger partial charge in [-0.05, 0) is 74.2 Å². The quantitative estimate of drug-likeness (QED) is 0.231. The minimum absolute atomic E-state index is 0.0157. The minimum atomic E-state index is -5.08. The summed E-state index contributed by atoms with van der Waals surface area (Å²) in [6.45, 7) is 5.03. The fourth-order valence-electron chi connectivity index (χ4n) is 6.83. The van der Waals surface area contributed by atoms with Crippen LogP contribution in [0.5, 0.6) is 0 Å². The molecule has 0 aromatic heterocycles. The van der Waals surface area contributed by atoms with Crippen LogP contribution in [0.1, 0.15) is 54.0 Å². The smallest absolute Gasteiger partial charge is 0.341 e. The first-order valence-electron chi connectivity index (χ1n) is 13.9. The molecular formula is C30H31F7N4O3. The number of likely N-dealkylation sites (N-methyl/N-ethyl adjacent to an activating group) is 1. The number of hydrogen-bond acceptors (Lipinski definition) is 6. The lowest BCUT2D eigenvalue weighted by molar-refractivity contribution is -0.145. The fourth-order valence-corrected chi connectivity index (χ4v) is 6.83. The third kappa shape index (κ3) is 5.00. The molecule has 0 radical (unpaired) electrons. The van der Waals surface area contributed by atoms with Crippen LogP contribution in [0.3, 0.4) is 0 Å². The molecule has 1 spiro atoms. The Kier molecular flexibility index (Phi) is 7.53. The van der Waals surface area contributed by atoms with Gasteiger partial charge in [0.2, 0.25) is 17.5 Å². The van der Waals surface area contributed by atoms with Crippen molar-refractivity contribution in [3.05, 3.63) is 70.0 Å². The number of Topliss-reactive ketones (excluding diaryl/α,β-unsaturated/α-hetero) is 2. The van der Waals surface area contributed by atoms with Gasteiger partial charge in [0.1, 0.15) is 5.82 Å². The van der Waals surface area contributed by atoms with E-state index in [0.717, 1.165) is 0 Å². The lowest BCUT2D eigenvalue weighted by atomic mass is 9.78. The molecule has 2 aliphatic heterocycles. The number of amides is 1. The van der Waals surface area contributed by atoms with Crippen molar-refractivity contribution >= 4 is 17.5 Å². The topological polar surface area (TPSA) is 86.9 Å².